The normalized spacial score (nSPS) is 18.4. The molecule has 2 aromatic rings. The van der Waals surface area contributed by atoms with Crippen LogP contribution in [-0.4, -0.2) is 71.0 Å². The first-order chi connectivity index (χ1) is 13.0. The average Bonchev–Trinajstić information content (AvgIpc) is 3.36. The molecule has 1 saturated heterocycles. The molecule has 1 aromatic heterocycles. The second kappa shape index (κ2) is 9.67. The molecule has 1 fully saturated rings. The number of methoxy groups -OCH3 is 2. The zero-order chi connectivity index (χ0) is 19.4. The first-order valence-corrected chi connectivity index (χ1v) is 8.67. The van der Waals surface area contributed by atoms with Gasteiger partial charge in [-0.15, -0.1) is 17.5 Å². The molecule has 0 saturated carbocycles. The summed E-state index contributed by atoms with van der Waals surface area (Å²) in [7, 11) is 4.84. The molecule has 2 N–H and O–H groups in total. The zero-order valence-corrected chi connectivity index (χ0v) is 16.9. The van der Waals surface area contributed by atoms with E-state index in [1.807, 2.05) is 0 Å². The molecule has 1 amide bonds. The van der Waals surface area contributed by atoms with E-state index in [0.717, 1.165) is 6.42 Å². The zero-order valence-electron chi connectivity index (χ0n) is 16.1. The van der Waals surface area contributed by atoms with Crippen molar-refractivity contribution in [3.8, 4) is 17.2 Å². The lowest BCUT2D eigenvalue weighted by Crippen LogP contribution is -2.37. The van der Waals surface area contributed by atoms with Crippen LogP contribution in [0.25, 0.3) is 5.69 Å². The number of aromatic nitrogens is 4. The molecule has 1 aromatic carbocycles. The number of hydrogen-bond donors (Lipinski definition) is 1. The SMILES string of the molecule is COc1cc(OC)cc(-n2nnnc2CN(C)C(=O)[C@@H]2CC[C@H](CN)O2)c1.Cl. The molecular weight excluding hydrogens is 388 g/mol. The molecule has 2 heterocycles. The Labute approximate surface area is 169 Å². The number of nitrogens with two attached hydrogens (primary N) is 1. The number of rotatable bonds is 7. The van der Waals surface area contributed by atoms with Crippen molar-refractivity contribution in [3.63, 3.8) is 0 Å². The Morgan fingerprint density at radius 1 is 1.29 bits per heavy atom. The van der Waals surface area contributed by atoms with Crippen molar-refractivity contribution in [1.82, 2.24) is 25.1 Å². The summed E-state index contributed by atoms with van der Waals surface area (Å²) in [5.74, 6) is 1.63. The van der Waals surface area contributed by atoms with Crippen LogP contribution >= 0.6 is 12.4 Å². The third-order valence-electron chi connectivity index (χ3n) is 4.52. The Morgan fingerprint density at radius 3 is 2.54 bits per heavy atom. The fourth-order valence-corrected chi connectivity index (χ4v) is 3.02. The molecule has 0 spiro atoms. The summed E-state index contributed by atoms with van der Waals surface area (Å²) in [6.07, 6.45) is 0.942. The predicted molar refractivity (Wildman–Crippen MR) is 103 cm³/mol. The van der Waals surface area contributed by atoms with Crippen LogP contribution in [-0.2, 0) is 16.1 Å². The third kappa shape index (κ3) is 4.70. The van der Waals surface area contributed by atoms with E-state index in [9.17, 15) is 4.79 Å². The first kappa shape index (κ1) is 21.9. The number of benzene rings is 1. The summed E-state index contributed by atoms with van der Waals surface area (Å²) in [6.45, 7) is 0.655. The van der Waals surface area contributed by atoms with Gasteiger partial charge in [-0.25, -0.2) is 0 Å². The van der Waals surface area contributed by atoms with Gasteiger partial charge in [-0.2, -0.15) is 4.68 Å². The highest BCUT2D eigenvalue weighted by atomic mass is 35.5. The Hall–Kier alpha value is -2.43. The smallest absolute Gasteiger partial charge is 0.251 e. The van der Waals surface area contributed by atoms with Gasteiger partial charge in [0.15, 0.2) is 5.82 Å². The van der Waals surface area contributed by atoms with Crippen molar-refractivity contribution in [1.29, 1.82) is 0 Å². The molecule has 10 nitrogen and oxygen atoms in total. The topological polar surface area (TPSA) is 118 Å². The van der Waals surface area contributed by atoms with Crippen LogP contribution in [0.15, 0.2) is 18.2 Å². The molecular formula is C17H25ClN6O4. The number of carbonyl (C=O) groups excluding carboxylic acids is 1. The summed E-state index contributed by atoms with van der Waals surface area (Å²) >= 11 is 0. The third-order valence-corrected chi connectivity index (χ3v) is 4.52. The number of ether oxygens (including phenoxy) is 3. The molecule has 28 heavy (non-hydrogen) atoms. The molecule has 0 aliphatic carbocycles. The standard InChI is InChI=1S/C17H24N6O4.ClH/c1-22(17(24)15-5-4-12(9-18)27-15)10-16-19-20-21-23(16)11-6-13(25-2)8-14(7-11)26-3;/h6-8,12,15H,4-5,9-10,18H2,1-3H3;1H/t12-,15+;/m1./s1. The van der Waals surface area contributed by atoms with E-state index in [1.165, 1.54) is 0 Å². The predicted octanol–water partition coefficient (Wildman–Crippen LogP) is 0.566. The van der Waals surface area contributed by atoms with Gasteiger partial charge < -0.3 is 24.8 Å². The highest BCUT2D eigenvalue weighted by molar-refractivity contribution is 5.85. The Kier molecular flexibility index (Phi) is 7.55. The van der Waals surface area contributed by atoms with E-state index in [4.69, 9.17) is 19.9 Å². The molecule has 0 unspecified atom stereocenters. The van der Waals surface area contributed by atoms with E-state index in [1.54, 1.807) is 49.0 Å². The second-order valence-electron chi connectivity index (χ2n) is 6.33. The number of hydrogen-bond acceptors (Lipinski definition) is 8. The van der Waals surface area contributed by atoms with Crippen LogP contribution in [0.5, 0.6) is 11.5 Å². The average molecular weight is 413 g/mol. The van der Waals surface area contributed by atoms with E-state index in [2.05, 4.69) is 15.5 Å². The minimum atomic E-state index is -0.468. The van der Waals surface area contributed by atoms with Crippen molar-refractivity contribution in [2.75, 3.05) is 27.8 Å². The van der Waals surface area contributed by atoms with Gasteiger partial charge in [-0.1, -0.05) is 0 Å². The van der Waals surface area contributed by atoms with Gasteiger partial charge in [-0.3, -0.25) is 4.79 Å². The van der Waals surface area contributed by atoms with Crippen molar-refractivity contribution >= 4 is 18.3 Å². The number of halogens is 1. The Bertz CT molecular complexity index is 779. The summed E-state index contributed by atoms with van der Waals surface area (Å²) in [4.78, 5) is 14.2. The summed E-state index contributed by atoms with van der Waals surface area (Å²) in [6, 6.07) is 5.33. The molecule has 0 bridgehead atoms. The first-order valence-electron chi connectivity index (χ1n) is 8.67. The number of amides is 1. The van der Waals surface area contributed by atoms with E-state index in [-0.39, 0.29) is 31.0 Å². The maximum atomic E-state index is 12.6. The van der Waals surface area contributed by atoms with Crippen LogP contribution in [0.2, 0.25) is 0 Å². The molecule has 1 aliphatic rings. The lowest BCUT2D eigenvalue weighted by molar-refractivity contribution is -0.142. The van der Waals surface area contributed by atoms with Crippen LogP contribution in [0.1, 0.15) is 18.7 Å². The highest BCUT2D eigenvalue weighted by Crippen LogP contribution is 2.25. The van der Waals surface area contributed by atoms with Crippen LogP contribution in [0.4, 0.5) is 0 Å². The fraction of sp³-hybridized carbons (Fsp3) is 0.529. The molecule has 1 aliphatic heterocycles. The van der Waals surface area contributed by atoms with E-state index >= 15 is 0 Å². The van der Waals surface area contributed by atoms with E-state index < -0.39 is 6.10 Å². The number of tetrazole rings is 1. The van der Waals surface area contributed by atoms with Crippen molar-refractivity contribution in [3.05, 3.63) is 24.0 Å². The summed E-state index contributed by atoms with van der Waals surface area (Å²) < 4.78 is 17.8. The lowest BCUT2D eigenvalue weighted by atomic mass is 10.2. The summed E-state index contributed by atoms with van der Waals surface area (Å²) in [5.41, 5.74) is 6.29. The van der Waals surface area contributed by atoms with Crippen molar-refractivity contribution in [2.24, 2.45) is 5.73 Å². The molecule has 11 heteroatoms. The fourth-order valence-electron chi connectivity index (χ4n) is 3.02. The molecule has 0 radical (unpaired) electrons. The van der Waals surface area contributed by atoms with Gasteiger partial charge in [0.1, 0.15) is 17.6 Å². The van der Waals surface area contributed by atoms with Crippen LogP contribution < -0.4 is 15.2 Å². The monoisotopic (exact) mass is 412 g/mol. The van der Waals surface area contributed by atoms with Crippen LogP contribution in [0, 0.1) is 0 Å². The van der Waals surface area contributed by atoms with Gasteiger partial charge in [0, 0.05) is 31.8 Å². The number of nitrogens with zero attached hydrogens (tertiary/aromatic N) is 5. The number of likely N-dealkylation sites (N-methyl/N-ethyl adjacent to an activating group) is 1. The minimum Gasteiger partial charge on any atom is -0.497 e. The lowest BCUT2D eigenvalue weighted by Gasteiger charge is -2.21. The molecule has 3 rings (SSSR count). The van der Waals surface area contributed by atoms with Gasteiger partial charge in [-0.05, 0) is 23.3 Å². The summed E-state index contributed by atoms with van der Waals surface area (Å²) in [5, 5.41) is 11.8. The number of carbonyl (C=O) groups is 1. The van der Waals surface area contributed by atoms with Gasteiger partial charge in [0.05, 0.1) is 32.6 Å². The van der Waals surface area contributed by atoms with Gasteiger partial charge in [0.2, 0.25) is 0 Å². The quantitative estimate of drug-likeness (QED) is 0.701. The minimum absolute atomic E-state index is 0. The van der Waals surface area contributed by atoms with Crippen molar-refractivity contribution < 1.29 is 19.0 Å². The van der Waals surface area contributed by atoms with Crippen molar-refractivity contribution in [2.45, 2.75) is 31.6 Å². The van der Waals surface area contributed by atoms with E-state index in [0.29, 0.717) is 36.0 Å². The maximum Gasteiger partial charge on any atom is 0.251 e. The molecule has 2 atom stereocenters. The Balaban J connectivity index is 0.00000280. The maximum absolute atomic E-state index is 12.6. The highest BCUT2D eigenvalue weighted by Gasteiger charge is 2.32. The molecule has 154 valence electrons. The van der Waals surface area contributed by atoms with Gasteiger partial charge in [0.25, 0.3) is 5.91 Å². The Morgan fingerprint density at radius 2 is 1.96 bits per heavy atom. The largest absolute Gasteiger partial charge is 0.497 e. The van der Waals surface area contributed by atoms with Crippen LogP contribution in [0.3, 0.4) is 0 Å². The van der Waals surface area contributed by atoms with Gasteiger partial charge >= 0.3 is 0 Å². The second-order valence-corrected chi connectivity index (χ2v) is 6.33.